The van der Waals surface area contributed by atoms with Crippen molar-refractivity contribution in [2.24, 2.45) is 11.7 Å². The van der Waals surface area contributed by atoms with Crippen LogP contribution in [0, 0.1) is 5.92 Å². The molecule has 0 saturated carbocycles. The number of benzene rings is 1. The third-order valence-electron chi connectivity index (χ3n) is 3.20. The summed E-state index contributed by atoms with van der Waals surface area (Å²) in [5.41, 5.74) is 6.96. The van der Waals surface area contributed by atoms with E-state index < -0.39 is 6.36 Å². The van der Waals surface area contributed by atoms with Gasteiger partial charge in [-0.3, -0.25) is 0 Å². The van der Waals surface area contributed by atoms with Crippen LogP contribution in [-0.4, -0.2) is 25.6 Å². The molecule has 1 aliphatic heterocycles. The minimum atomic E-state index is -4.65. The minimum Gasteiger partial charge on any atom is -0.406 e. The van der Waals surface area contributed by atoms with Gasteiger partial charge >= 0.3 is 6.36 Å². The monoisotopic (exact) mass is 275 g/mol. The molecule has 0 aromatic heterocycles. The van der Waals surface area contributed by atoms with Crippen LogP contribution in [0.2, 0.25) is 0 Å². The van der Waals surface area contributed by atoms with Crippen molar-refractivity contribution in [3.05, 3.63) is 29.8 Å². The Morgan fingerprint density at radius 1 is 1.32 bits per heavy atom. The van der Waals surface area contributed by atoms with Crippen molar-refractivity contribution in [1.82, 2.24) is 0 Å². The highest BCUT2D eigenvalue weighted by molar-refractivity contribution is 5.28. The first-order valence-electron chi connectivity index (χ1n) is 6.12. The van der Waals surface area contributed by atoms with Gasteiger partial charge in [0.1, 0.15) is 5.75 Å². The van der Waals surface area contributed by atoms with Crippen LogP contribution in [0.1, 0.15) is 12.0 Å². The molecule has 2 N–H and O–H groups in total. The smallest absolute Gasteiger partial charge is 0.406 e. The molecule has 1 saturated heterocycles. The van der Waals surface area contributed by atoms with Gasteiger partial charge in [-0.05, 0) is 36.5 Å². The number of ether oxygens (including phenoxy) is 2. The molecule has 1 fully saturated rings. The molecule has 1 aromatic carbocycles. The van der Waals surface area contributed by atoms with Crippen molar-refractivity contribution >= 4 is 0 Å². The first-order valence-corrected chi connectivity index (χ1v) is 6.12. The van der Waals surface area contributed by atoms with Crippen molar-refractivity contribution in [1.29, 1.82) is 0 Å². The third-order valence-corrected chi connectivity index (χ3v) is 3.20. The number of halogens is 3. The molecule has 6 heteroatoms. The number of hydrogen-bond acceptors (Lipinski definition) is 3. The molecule has 0 radical (unpaired) electrons. The van der Waals surface area contributed by atoms with E-state index in [0.717, 1.165) is 18.6 Å². The lowest BCUT2D eigenvalue weighted by molar-refractivity contribution is -0.274. The number of alkyl halides is 3. The minimum absolute atomic E-state index is 0.0307. The Morgan fingerprint density at radius 3 is 2.53 bits per heavy atom. The van der Waals surface area contributed by atoms with Gasteiger partial charge in [-0.25, -0.2) is 0 Å². The van der Waals surface area contributed by atoms with Gasteiger partial charge in [0, 0.05) is 12.6 Å². The summed E-state index contributed by atoms with van der Waals surface area (Å²) in [6.45, 7) is 1.40. The van der Waals surface area contributed by atoms with Gasteiger partial charge in [0.05, 0.1) is 6.61 Å². The van der Waals surface area contributed by atoms with Crippen LogP contribution in [0.5, 0.6) is 5.75 Å². The normalized spacial score (nSPS) is 21.4. The highest BCUT2D eigenvalue weighted by Crippen LogP contribution is 2.24. The Morgan fingerprint density at radius 2 is 2.00 bits per heavy atom. The quantitative estimate of drug-likeness (QED) is 0.918. The molecule has 2 atom stereocenters. The highest BCUT2D eigenvalue weighted by atomic mass is 19.4. The fourth-order valence-corrected chi connectivity index (χ4v) is 2.16. The molecule has 0 amide bonds. The molecule has 0 aliphatic carbocycles. The van der Waals surface area contributed by atoms with E-state index >= 15 is 0 Å². The van der Waals surface area contributed by atoms with Crippen molar-refractivity contribution < 1.29 is 22.6 Å². The maximum Gasteiger partial charge on any atom is 0.573 e. The van der Waals surface area contributed by atoms with Crippen LogP contribution in [0.3, 0.4) is 0 Å². The molecule has 2 unspecified atom stereocenters. The lowest BCUT2D eigenvalue weighted by Crippen LogP contribution is -2.32. The van der Waals surface area contributed by atoms with Crippen molar-refractivity contribution in [2.45, 2.75) is 25.2 Å². The second kappa shape index (κ2) is 5.79. The van der Waals surface area contributed by atoms with E-state index in [9.17, 15) is 13.2 Å². The second-order valence-corrected chi connectivity index (χ2v) is 4.68. The first-order chi connectivity index (χ1) is 8.94. The SMILES string of the molecule is NC(Cc1ccc(OC(F)(F)F)cc1)C1CCOC1. The largest absolute Gasteiger partial charge is 0.573 e. The summed E-state index contributed by atoms with van der Waals surface area (Å²) in [4.78, 5) is 0. The standard InChI is InChI=1S/C13H16F3NO2/c14-13(15,16)19-11-3-1-9(2-4-11)7-12(17)10-5-6-18-8-10/h1-4,10,12H,5-8,17H2. The zero-order valence-corrected chi connectivity index (χ0v) is 10.3. The molecule has 19 heavy (non-hydrogen) atoms. The van der Waals surface area contributed by atoms with Gasteiger partial charge in [0.2, 0.25) is 0 Å². The van der Waals surface area contributed by atoms with Crippen LogP contribution in [0.25, 0.3) is 0 Å². The Labute approximate surface area is 109 Å². The summed E-state index contributed by atoms with van der Waals surface area (Å²) in [6, 6.07) is 5.80. The third kappa shape index (κ3) is 4.40. The molecular formula is C13H16F3NO2. The van der Waals surface area contributed by atoms with E-state index in [1.807, 2.05) is 0 Å². The molecule has 3 nitrogen and oxygen atoms in total. The van der Waals surface area contributed by atoms with Crippen molar-refractivity contribution in [3.8, 4) is 5.75 Å². The predicted octanol–water partition coefficient (Wildman–Crippen LogP) is 2.49. The average Bonchev–Trinajstić information content (AvgIpc) is 2.83. The molecular weight excluding hydrogens is 259 g/mol. The van der Waals surface area contributed by atoms with Crippen LogP contribution in [-0.2, 0) is 11.2 Å². The lowest BCUT2D eigenvalue weighted by Gasteiger charge is -2.17. The fourth-order valence-electron chi connectivity index (χ4n) is 2.16. The van der Waals surface area contributed by atoms with Gasteiger partial charge in [-0.15, -0.1) is 13.2 Å². The summed E-state index contributed by atoms with van der Waals surface area (Å²) in [5, 5.41) is 0. The zero-order valence-electron chi connectivity index (χ0n) is 10.3. The number of nitrogens with two attached hydrogens (primary N) is 1. The Bertz CT molecular complexity index is 399. The molecule has 1 heterocycles. The molecule has 0 bridgehead atoms. The summed E-state index contributed by atoms with van der Waals surface area (Å²) in [7, 11) is 0. The molecule has 1 aliphatic rings. The lowest BCUT2D eigenvalue weighted by atomic mass is 9.94. The Hall–Kier alpha value is -1.27. The molecule has 1 aromatic rings. The van der Waals surface area contributed by atoms with E-state index in [0.29, 0.717) is 18.9 Å². The highest BCUT2D eigenvalue weighted by Gasteiger charge is 2.31. The molecule has 2 rings (SSSR count). The maximum atomic E-state index is 12.0. The van der Waals surface area contributed by atoms with Gasteiger partial charge in [-0.1, -0.05) is 12.1 Å². The van der Waals surface area contributed by atoms with E-state index in [2.05, 4.69) is 4.74 Å². The molecule has 106 valence electrons. The number of rotatable bonds is 4. The average molecular weight is 275 g/mol. The van der Waals surface area contributed by atoms with Crippen molar-refractivity contribution in [3.63, 3.8) is 0 Å². The maximum absolute atomic E-state index is 12.0. The zero-order chi connectivity index (χ0) is 13.9. The summed E-state index contributed by atoms with van der Waals surface area (Å²) in [5.74, 6) is 0.111. The van der Waals surface area contributed by atoms with E-state index in [1.54, 1.807) is 12.1 Å². The first kappa shape index (κ1) is 14.1. The second-order valence-electron chi connectivity index (χ2n) is 4.68. The summed E-state index contributed by atoms with van der Waals surface area (Å²) in [6.07, 6.45) is -3.09. The van der Waals surface area contributed by atoms with E-state index in [-0.39, 0.29) is 11.8 Å². The molecule has 0 spiro atoms. The van der Waals surface area contributed by atoms with Gasteiger partial charge in [-0.2, -0.15) is 0 Å². The van der Waals surface area contributed by atoms with Crippen molar-refractivity contribution in [2.75, 3.05) is 13.2 Å². The Balaban J connectivity index is 1.91. The number of hydrogen-bond donors (Lipinski definition) is 1. The Kier molecular flexibility index (Phi) is 4.31. The predicted molar refractivity (Wildman–Crippen MR) is 63.7 cm³/mol. The summed E-state index contributed by atoms with van der Waals surface area (Å²) < 4.78 is 45.1. The van der Waals surface area contributed by atoms with Gasteiger partial charge in [0.15, 0.2) is 0 Å². The fraction of sp³-hybridized carbons (Fsp3) is 0.538. The van der Waals surface area contributed by atoms with Crippen LogP contribution < -0.4 is 10.5 Å². The van der Waals surface area contributed by atoms with E-state index in [4.69, 9.17) is 10.5 Å². The van der Waals surface area contributed by atoms with Gasteiger partial charge < -0.3 is 15.2 Å². The van der Waals surface area contributed by atoms with E-state index in [1.165, 1.54) is 12.1 Å². The van der Waals surface area contributed by atoms with Crippen LogP contribution >= 0.6 is 0 Å². The van der Waals surface area contributed by atoms with Crippen LogP contribution in [0.4, 0.5) is 13.2 Å². The topological polar surface area (TPSA) is 44.5 Å². The summed E-state index contributed by atoms with van der Waals surface area (Å²) >= 11 is 0. The van der Waals surface area contributed by atoms with Gasteiger partial charge in [0.25, 0.3) is 0 Å². The van der Waals surface area contributed by atoms with Crippen LogP contribution in [0.15, 0.2) is 24.3 Å².